The minimum Gasteiger partial charge on any atom is -0.381 e. The summed E-state index contributed by atoms with van der Waals surface area (Å²) in [7, 11) is 0. The molecule has 0 bridgehead atoms. The molecular weight excluding hydrogens is 416 g/mol. The smallest absolute Gasteiger partial charge is 0.250 e. The zero-order valence-electron chi connectivity index (χ0n) is 17.8. The summed E-state index contributed by atoms with van der Waals surface area (Å²) < 4.78 is 32.5. The molecule has 0 saturated carbocycles. The number of rotatable bonds is 6. The Labute approximate surface area is 184 Å². The van der Waals surface area contributed by atoms with E-state index in [0.717, 1.165) is 54.0 Å². The molecule has 8 nitrogen and oxygen atoms in total. The van der Waals surface area contributed by atoms with Crippen LogP contribution in [0, 0.1) is 0 Å². The molecule has 5 heterocycles. The van der Waals surface area contributed by atoms with E-state index < -0.39 is 6.43 Å². The Morgan fingerprint density at radius 1 is 1.22 bits per heavy atom. The molecule has 0 amide bonds. The van der Waals surface area contributed by atoms with E-state index in [-0.39, 0.29) is 12.6 Å². The fraction of sp³-hybridized carbons (Fsp3) is 0.455. The maximum atomic E-state index is 12.6. The third kappa shape index (κ3) is 4.33. The van der Waals surface area contributed by atoms with Crippen LogP contribution in [0.1, 0.15) is 25.3 Å². The van der Waals surface area contributed by atoms with Crippen molar-refractivity contribution in [1.82, 2.24) is 24.9 Å². The first-order chi connectivity index (χ1) is 15.6. The Bertz CT molecular complexity index is 1140. The van der Waals surface area contributed by atoms with Gasteiger partial charge >= 0.3 is 0 Å². The van der Waals surface area contributed by atoms with Crippen LogP contribution in [0.5, 0.6) is 0 Å². The zero-order chi connectivity index (χ0) is 22.1. The van der Waals surface area contributed by atoms with E-state index >= 15 is 0 Å². The number of alkyl halides is 2. The maximum Gasteiger partial charge on any atom is 0.250 e. The number of halogens is 2. The lowest BCUT2D eigenvalue weighted by Crippen LogP contribution is -2.41. The number of hydrogen-bond donors (Lipinski definition) is 2. The highest BCUT2D eigenvalue weighted by Crippen LogP contribution is 2.31. The van der Waals surface area contributed by atoms with Crippen LogP contribution in [0.4, 0.5) is 20.5 Å². The molecule has 3 aromatic heterocycles. The van der Waals surface area contributed by atoms with Gasteiger partial charge in [-0.25, -0.2) is 28.3 Å². The van der Waals surface area contributed by atoms with Gasteiger partial charge in [0.15, 0.2) is 5.82 Å². The average Bonchev–Trinajstić information content (AvgIpc) is 3.21. The van der Waals surface area contributed by atoms with Crippen molar-refractivity contribution in [2.24, 2.45) is 4.99 Å². The number of fused-ring (bicyclic) bond motifs is 2. The first-order valence-corrected chi connectivity index (χ1v) is 10.8. The van der Waals surface area contributed by atoms with Gasteiger partial charge in [0.25, 0.3) is 6.43 Å². The highest BCUT2D eigenvalue weighted by molar-refractivity contribution is 5.92. The van der Waals surface area contributed by atoms with Gasteiger partial charge in [-0.15, -0.1) is 5.10 Å². The molecular formula is C22H25F2N7O. The number of aromatic nitrogens is 4. The largest absolute Gasteiger partial charge is 0.381 e. The summed E-state index contributed by atoms with van der Waals surface area (Å²) in [4.78, 5) is 13.5. The third-order valence-corrected chi connectivity index (χ3v) is 5.95. The third-order valence-electron chi connectivity index (χ3n) is 5.95. The zero-order valence-corrected chi connectivity index (χ0v) is 17.8. The lowest BCUT2D eigenvalue weighted by molar-refractivity contribution is 0.0903. The average molecular weight is 441 g/mol. The van der Waals surface area contributed by atoms with Gasteiger partial charge in [-0.1, -0.05) is 0 Å². The van der Waals surface area contributed by atoms with E-state index in [2.05, 4.69) is 30.7 Å². The summed E-state index contributed by atoms with van der Waals surface area (Å²) in [6.07, 6.45) is 5.54. The molecule has 1 saturated heterocycles. The number of nitrogens with one attached hydrogen (secondary N) is 2. The number of hydrogen-bond acceptors (Lipinski definition) is 7. The standard InChI is InChI=1S/C22H25F2N7O/c1-13-18(25-12-20(23)24)9-14-8-15(10-26-21(14)28-13)17-2-5-31-19(17)11-27-22(30-31)29-16-3-6-32-7-4-16/h2,5,8,10-11,16,18,20,25H,3-4,6-7,9,12H2,1H3,(H,29,30). The van der Waals surface area contributed by atoms with Crippen LogP contribution in [0.3, 0.4) is 0 Å². The molecule has 1 fully saturated rings. The molecule has 1 atom stereocenters. The van der Waals surface area contributed by atoms with Crippen molar-refractivity contribution in [2.45, 2.75) is 44.7 Å². The van der Waals surface area contributed by atoms with Gasteiger partial charge < -0.3 is 15.4 Å². The summed E-state index contributed by atoms with van der Waals surface area (Å²) in [5.41, 5.74) is 4.44. The summed E-state index contributed by atoms with van der Waals surface area (Å²) in [6, 6.07) is 4.10. The van der Waals surface area contributed by atoms with Crippen LogP contribution < -0.4 is 10.6 Å². The van der Waals surface area contributed by atoms with Gasteiger partial charge in [0.2, 0.25) is 5.95 Å². The number of aliphatic imine (C=N–C) groups is 1. The van der Waals surface area contributed by atoms with Gasteiger partial charge in [0.05, 0.1) is 18.3 Å². The highest BCUT2D eigenvalue weighted by Gasteiger charge is 2.23. The van der Waals surface area contributed by atoms with Crippen molar-refractivity contribution in [2.75, 3.05) is 25.1 Å². The van der Waals surface area contributed by atoms with Crippen molar-refractivity contribution in [1.29, 1.82) is 0 Å². The van der Waals surface area contributed by atoms with Crippen LogP contribution >= 0.6 is 0 Å². The Hall–Kier alpha value is -2.98. The van der Waals surface area contributed by atoms with Crippen molar-refractivity contribution in [3.8, 4) is 11.1 Å². The van der Waals surface area contributed by atoms with Gasteiger partial charge in [-0.2, -0.15) is 0 Å². The first-order valence-electron chi connectivity index (χ1n) is 10.8. The summed E-state index contributed by atoms with van der Waals surface area (Å²) >= 11 is 0. The van der Waals surface area contributed by atoms with Crippen LogP contribution in [-0.2, 0) is 11.2 Å². The van der Waals surface area contributed by atoms with Crippen LogP contribution in [0.2, 0.25) is 0 Å². The van der Waals surface area contributed by atoms with Crippen molar-refractivity contribution in [3.05, 3.63) is 36.3 Å². The number of nitrogens with zero attached hydrogens (tertiary/aromatic N) is 5. The fourth-order valence-electron chi connectivity index (χ4n) is 4.20. The summed E-state index contributed by atoms with van der Waals surface area (Å²) in [5, 5.41) is 10.9. The second-order valence-electron chi connectivity index (χ2n) is 8.19. The van der Waals surface area contributed by atoms with Gasteiger partial charge in [-0.3, -0.25) is 0 Å². The SMILES string of the molecule is CC1=Nc2ncc(-c3ccn4nc(NC5CCOCC5)ncc34)cc2CC1NCC(F)F. The molecule has 0 spiro atoms. The first kappa shape index (κ1) is 20.9. The van der Waals surface area contributed by atoms with Crippen LogP contribution in [0.15, 0.2) is 35.7 Å². The lowest BCUT2D eigenvalue weighted by atomic mass is 9.97. The van der Waals surface area contributed by atoms with E-state index in [0.29, 0.717) is 24.2 Å². The number of anilines is 1. The molecule has 2 aliphatic rings. The molecule has 32 heavy (non-hydrogen) atoms. The van der Waals surface area contributed by atoms with Gasteiger partial charge in [-0.05, 0) is 43.9 Å². The Balaban J connectivity index is 1.38. The summed E-state index contributed by atoms with van der Waals surface area (Å²) in [6.45, 7) is 2.99. The fourth-order valence-corrected chi connectivity index (χ4v) is 4.20. The maximum absolute atomic E-state index is 12.6. The predicted molar refractivity (Wildman–Crippen MR) is 118 cm³/mol. The molecule has 3 aromatic rings. The molecule has 2 aliphatic heterocycles. The van der Waals surface area contributed by atoms with Crippen molar-refractivity contribution >= 4 is 23.0 Å². The topological polar surface area (TPSA) is 88.7 Å². The molecule has 0 aromatic carbocycles. The minimum absolute atomic E-state index is 0.221. The molecule has 10 heteroatoms. The Kier molecular flexibility index (Phi) is 5.79. The lowest BCUT2D eigenvalue weighted by Gasteiger charge is -2.24. The quantitative estimate of drug-likeness (QED) is 0.611. The van der Waals surface area contributed by atoms with Crippen molar-refractivity contribution < 1.29 is 13.5 Å². The Morgan fingerprint density at radius 3 is 2.88 bits per heavy atom. The number of pyridine rings is 1. The molecule has 0 aliphatic carbocycles. The molecule has 2 N–H and O–H groups in total. The van der Waals surface area contributed by atoms with Gasteiger partial charge in [0, 0.05) is 54.5 Å². The molecule has 0 radical (unpaired) electrons. The van der Waals surface area contributed by atoms with E-state index in [1.54, 1.807) is 16.9 Å². The van der Waals surface area contributed by atoms with E-state index in [1.165, 1.54) is 0 Å². The van der Waals surface area contributed by atoms with Crippen LogP contribution in [-0.4, -0.2) is 63.6 Å². The highest BCUT2D eigenvalue weighted by atomic mass is 19.3. The molecule has 5 rings (SSSR count). The predicted octanol–water partition coefficient (Wildman–Crippen LogP) is 3.25. The molecule has 1 unspecified atom stereocenters. The van der Waals surface area contributed by atoms with Gasteiger partial charge in [0.1, 0.15) is 0 Å². The minimum atomic E-state index is -2.40. The second-order valence-corrected chi connectivity index (χ2v) is 8.19. The van der Waals surface area contributed by atoms with Crippen LogP contribution in [0.25, 0.3) is 16.6 Å². The summed E-state index contributed by atoms with van der Waals surface area (Å²) in [5.74, 6) is 1.23. The van der Waals surface area contributed by atoms with E-state index in [9.17, 15) is 8.78 Å². The normalized spacial score (nSPS) is 19.2. The molecule has 168 valence electrons. The van der Waals surface area contributed by atoms with E-state index in [4.69, 9.17) is 4.74 Å². The van der Waals surface area contributed by atoms with E-state index in [1.807, 2.05) is 25.3 Å². The Morgan fingerprint density at radius 2 is 2.06 bits per heavy atom. The monoisotopic (exact) mass is 441 g/mol. The number of ether oxygens (including phenoxy) is 1. The van der Waals surface area contributed by atoms with Crippen molar-refractivity contribution in [3.63, 3.8) is 0 Å². The second kappa shape index (κ2) is 8.87.